The highest BCUT2D eigenvalue weighted by molar-refractivity contribution is 5.51. The van der Waals surface area contributed by atoms with Crippen LogP contribution in [0.15, 0.2) is 0 Å². The van der Waals surface area contributed by atoms with Crippen molar-refractivity contribution in [2.75, 3.05) is 0 Å². The SMILES string of the molecule is O=CCC(F)(F)C(F)(F)C(F)(F)C(F)(F)C(F)(F)C(F)(F)F.O=CCC(F)(F)F. The first-order valence-electron chi connectivity index (χ1n) is 6.27. The Hall–Kier alpha value is -1.78. The Morgan fingerprint density at radius 2 is 0.759 bits per heavy atom. The van der Waals surface area contributed by atoms with E-state index < -0.39 is 61.1 Å². The van der Waals surface area contributed by atoms with Gasteiger partial charge in [0.25, 0.3) is 0 Å². The molecule has 0 N–H and O–H groups in total. The molecule has 0 bridgehead atoms. The van der Waals surface area contributed by atoms with Crippen molar-refractivity contribution in [3.05, 3.63) is 0 Å². The van der Waals surface area contributed by atoms with Crippen molar-refractivity contribution in [3.8, 4) is 0 Å². The van der Waals surface area contributed by atoms with Crippen LogP contribution in [0, 0.1) is 0 Å². The maximum Gasteiger partial charge on any atom is 0.460 e. The topological polar surface area (TPSA) is 34.1 Å². The van der Waals surface area contributed by atoms with E-state index in [1.807, 2.05) is 0 Å². The number of carbonyl (C=O) groups excluding carboxylic acids is 2. The maximum atomic E-state index is 12.7. The zero-order chi connectivity index (χ0) is 24.3. The fraction of sp³-hybridized carbons (Fsp3) is 0.818. The summed E-state index contributed by atoms with van der Waals surface area (Å²) in [5.74, 6) is -37.2. The molecule has 0 aliphatic rings. The molecule has 0 heterocycles. The second kappa shape index (κ2) is 8.53. The van der Waals surface area contributed by atoms with Gasteiger partial charge in [-0.3, -0.25) is 0 Å². The summed E-state index contributed by atoms with van der Waals surface area (Å²) in [6, 6.07) is 0. The first-order chi connectivity index (χ1) is 12.4. The van der Waals surface area contributed by atoms with E-state index in [0.717, 1.165) is 0 Å². The van der Waals surface area contributed by atoms with Crippen molar-refractivity contribution in [3.63, 3.8) is 0 Å². The molecular formula is C11H6F16O2. The van der Waals surface area contributed by atoms with Crippen LogP contribution in [0.25, 0.3) is 0 Å². The van der Waals surface area contributed by atoms with Crippen molar-refractivity contribution in [2.45, 2.75) is 54.8 Å². The summed E-state index contributed by atoms with van der Waals surface area (Å²) < 4.78 is 193. The largest absolute Gasteiger partial charge is 0.460 e. The summed E-state index contributed by atoms with van der Waals surface area (Å²) in [6.07, 6.45) is -17.2. The molecule has 0 spiro atoms. The molecule has 18 heteroatoms. The van der Waals surface area contributed by atoms with E-state index >= 15 is 0 Å². The monoisotopic (exact) mass is 474 g/mol. The lowest BCUT2D eigenvalue weighted by Gasteiger charge is -2.39. The fourth-order valence-electron chi connectivity index (χ4n) is 1.13. The van der Waals surface area contributed by atoms with E-state index in [1.165, 1.54) is 0 Å². The predicted molar refractivity (Wildman–Crippen MR) is 58.2 cm³/mol. The van der Waals surface area contributed by atoms with Gasteiger partial charge < -0.3 is 9.59 Å². The third-order valence-electron chi connectivity index (χ3n) is 2.65. The van der Waals surface area contributed by atoms with E-state index in [2.05, 4.69) is 0 Å². The number of hydrogen-bond donors (Lipinski definition) is 0. The van der Waals surface area contributed by atoms with Gasteiger partial charge in [-0.15, -0.1) is 0 Å². The smallest absolute Gasteiger partial charge is 0.303 e. The third-order valence-corrected chi connectivity index (χ3v) is 2.65. The molecule has 0 aromatic heterocycles. The molecule has 174 valence electrons. The number of carbonyl (C=O) groups is 2. The molecule has 0 aromatic carbocycles. The average Bonchev–Trinajstić information content (AvgIpc) is 2.44. The molecule has 0 radical (unpaired) electrons. The Balaban J connectivity index is 0. The van der Waals surface area contributed by atoms with Gasteiger partial charge in [0.05, 0.1) is 12.8 Å². The highest BCUT2D eigenvalue weighted by atomic mass is 19.4. The quantitative estimate of drug-likeness (QED) is 0.364. The average molecular weight is 474 g/mol. The van der Waals surface area contributed by atoms with Gasteiger partial charge in [-0.25, -0.2) is 0 Å². The Labute approximate surface area is 148 Å². The summed E-state index contributed by atoms with van der Waals surface area (Å²) in [6.45, 7) is 0. The molecule has 2 nitrogen and oxygen atoms in total. The predicted octanol–water partition coefficient (Wildman–Crippen LogP) is 5.45. The van der Waals surface area contributed by atoms with Gasteiger partial charge >= 0.3 is 42.0 Å². The lowest BCUT2D eigenvalue weighted by atomic mass is 9.93. The van der Waals surface area contributed by atoms with Gasteiger partial charge in [-0.1, -0.05) is 0 Å². The lowest BCUT2D eigenvalue weighted by Crippen LogP contribution is -2.70. The molecule has 0 aliphatic carbocycles. The standard InChI is InChI=1S/C8H3F13O.C3H3F3O/c9-3(10,1-2-22)4(11,12)5(13,14)6(15,16)7(17,18)8(19,20)21;4-3(5,6)1-2-7/h2H,1H2;2H,1H2. The fourth-order valence-corrected chi connectivity index (χ4v) is 1.13. The highest BCUT2D eigenvalue weighted by Gasteiger charge is 2.90. The summed E-state index contributed by atoms with van der Waals surface area (Å²) in [5.41, 5.74) is 0. The van der Waals surface area contributed by atoms with Crippen LogP contribution in [0.5, 0.6) is 0 Å². The molecule has 0 unspecified atom stereocenters. The van der Waals surface area contributed by atoms with Crippen molar-refractivity contribution in [1.29, 1.82) is 0 Å². The van der Waals surface area contributed by atoms with E-state index in [0.29, 0.717) is 0 Å². The Bertz CT molecular complexity index is 558. The number of hydrogen-bond acceptors (Lipinski definition) is 2. The summed E-state index contributed by atoms with van der Waals surface area (Å²) >= 11 is 0. The van der Waals surface area contributed by atoms with Gasteiger partial charge in [0.15, 0.2) is 0 Å². The molecule has 0 rings (SSSR count). The van der Waals surface area contributed by atoms with Crippen LogP contribution < -0.4 is 0 Å². The van der Waals surface area contributed by atoms with Crippen molar-refractivity contribution in [2.24, 2.45) is 0 Å². The number of alkyl halides is 16. The molecule has 0 saturated carbocycles. The Morgan fingerprint density at radius 3 is 0.966 bits per heavy atom. The normalized spacial score (nSPS) is 14.8. The van der Waals surface area contributed by atoms with Crippen LogP contribution >= 0.6 is 0 Å². The van der Waals surface area contributed by atoms with Gasteiger partial charge in [-0.05, 0) is 0 Å². The summed E-state index contributed by atoms with van der Waals surface area (Å²) in [5, 5.41) is 0. The van der Waals surface area contributed by atoms with Crippen LogP contribution in [0.1, 0.15) is 12.8 Å². The van der Waals surface area contributed by atoms with Crippen LogP contribution in [0.3, 0.4) is 0 Å². The number of aldehydes is 2. The number of rotatable bonds is 7. The van der Waals surface area contributed by atoms with Crippen LogP contribution in [-0.4, -0.2) is 54.5 Å². The van der Waals surface area contributed by atoms with Gasteiger partial charge in [-0.2, -0.15) is 70.2 Å². The molecule has 0 aromatic rings. The summed E-state index contributed by atoms with van der Waals surface area (Å²) in [7, 11) is 0. The van der Waals surface area contributed by atoms with Crippen molar-refractivity contribution in [1.82, 2.24) is 0 Å². The second-order valence-corrected chi connectivity index (χ2v) is 4.86. The molecule has 0 aliphatic heterocycles. The van der Waals surface area contributed by atoms with Gasteiger partial charge in [0, 0.05) is 0 Å². The minimum Gasteiger partial charge on any atom is -0.303 e. The molecule has 0 saturated heterocycles. The number of halogens is 16. The third kappa shape index (κ3) is 5.86. The summed E-state index contributed by atoms with van der Waals surface area (Å²) in [4.78, 5) is 18.7. The van der Waals surface area contributed by atoms with E-state index in [9.17, 15) is 75.0 Å². The highest BCUT2D eigenvalue weighted by Crippen LogP contribution is 2.60. The molecule has 0 amide bonds. The minimum atomic E-state index is -7.92. The van der Waals surface area contributed by atoms with Crippen LogP contribution in [0.2, 0.25) is 0 Å². The van der Waals surface area contributed by atoms with Crippen molar-refractivity contribution >= 4 is 12.6 Å². The van der Waals surface area contributed by atoms with Gasteiger partial charge in [0.1, 0.15) is 12.6 Å². The Morgan fingerprint density at radius 1 is 0.448 bits per heavy atom. The molecule has 0 atom stereocenters. The van der Waals surface area contributed by atoms with E-state index in [-0.39, 0.29) is 6.29 Å². The zero-order valence-electron chi connectivity index (χ0n) is 12.9. The van der Waals surface area contributed by atoms with Crippen LogP contribution in [-0.2, 0) is 9.59 Å². The first kappa shape index (κ1) is 29.4. The van der Waals surface area contributed by atoms with Gasteiger partial charge in [0.2, 0.25) is 0 Å². The maximum absolute atomic E-state index is 12.7. The molecule has 0 fully saturated rings. The second-order valence-electron chi connectivity index (χ2n) is 4.86. The zero-order valence-corrected chi connectivity index (χ0v) is 12.9. The van der Waals surface area contributed by atoms with E-state index in [1.54, 1.807) is 0 Å². The van der Waals surface area contributed by atoms with E-state index in [4.69, 9.17) is 4.79 Å². The Kier molecular flexibility index (Phi) is 8.65. The lowest BCUT2D eigenvalue weighted by molar-refractivity contribution is -0.439. The molecular weight excluding hydrogens is 468 g/mol. The first-order valence-corrected chi connectivity index (χ1v) is 6.27. The van der Waals surface area contributed by atoms with Crippen LogP contribution in [0.4, 0.5) is 70.2 Å². The van der Waals surface area contributed by atoms with Crippen molar-refractivity contribution < 1.29 is 79.8 Å². The minimum absolute atomic E-state index is 0.167. The molecule has 29 heavy (non-hydrogen) atoms.